The number of hydrogen-bond acceptors (Lipinski definition) is 4. The number of aliphatic carboxylic acids is 1. The van der Waals surface area contributed by atoms with Gasteiger partial charge in [-0.1, -0.05) is 6.08 Å². The van der Waals surface area contributed by atoms with Gasteiger partial charge in [0.1, 0.15) is 6.04 Å². The maximum Gasteiger partial charge on any atom is 0.330 e. The summed E-state index contributed by atoms with van der Waals surface area (Å²) in [5, 5.41) is 11.4. The Balaban J connectivity index is 3.91. The van der Waals surface area contributed by atoms with Crippen molar-refractivity contribution in [3.63, 3.8) is 0 Å². The van der Waals surface area contributed by atoms with Gasteiger partial charge in [-0.2, -0.15) is 0 Å². The summed E-state index contributed by atoms with van der Waals surface area (Å²) in [6, 6.07) is -0.428. The van der Waals surface area contributed by atoms with Crippen LogP contribution in [0.25, 0.3) is 0 Å². The number of carbonyl (C=O) groups excluding carboxylic acids is 1. The van der Waals surface area contributed by atoms with Gasteiger partial charge < -0.3 is 15.2 Å². The molecule has 0 rings (SSSR count). The Labute approximate surface area is 89.1 Å². The van der Waals surface area contributed by atoms with Gasteiger partial charge in [-0.25, -0.2) is 4.79 Å². The SMILES string of the molecule is CCOC(=O)C(C)NC/C=C(/C)C(=O)O. The summed E-state index contributed by atoms with van der Waals surface area (Å²) in [5.74, 6) is -1.29. The van der Waals surface area contributed by atoms with Crippen molar-refractivity contribution in [2.45, 2.75) is 26.8 Å². The van der Waals surface area contributed by atoms with Crippen LogP contribution in [0, 0.1) is 0 Å². The molecule has 0 aromatic carbocycles. The van der Waals surface area contributed by atoms with Crippen LogP contribution in [0.4, 0.5) is 0 Å². The fraction of sp³-hybridized carbons (Fsp3) is 0.600. The lowest BCUT2D eigenvalue weighted by molar-refractivity contribution is -0.145. The van der Waals surface area contributed by atoms with Gasteiger partial charge in [0.05, 0.1) is 6.61 Å². The molecule has 0 aliphatic carbocycles. The number of carboxylic acids is 1. The van der Waals surface area contributed by atoms with Crippen molar-refractivity contribution < 1.29 is 19.4 Å². The molecule has 0 aliphatic rings. The van der Waals surface area contributed by atoms with Crippen LogP contribution >= 0.6 is 0 Å². The molecule has 0 saturated carbocycles. The van der Waals surface area contributed by atoms with Crippen LogP contribution in [0.3, 0.4) is 0 Å². The van der Waals surface area contributed by atoms with Crippen molar-refractivity contribution >= 4 is 11.9 Å². The molecule has 0 bridgehead atoms. The average molecular weight is 215 g/mol. The van der Waals surface area contributed by atoms with Crippen LogP contribution < -0.4 is 5.32 Å². The first-order valence-electron chi connectivity index (χ1n) is 4.79. The summed E-state index contributed by atoms with van der Waals surface area (Å²) in [6.45, 7) is 5.58. The van der Waals surface area contributed by atoms with Crippen molar-refractivity contribution in [1.29, 1.82) is 0 Å². The molecular formula is C10H17NO4. The van der Waals surface area contributed by atoms with Crippen molar-refractivity contribution in [1.82, 2.24) is 5.32 Å². The third-order valence-corrected chi connectivity index (χ3v) is 1.81. The Morgan fingerprint density at radius 1 is 1.53 bits per heavy atom. The Kier molecular flexibility index (Phi) is 6.37. The first kappa shape index (κ1) is 13.6. The van der Waals surface area contributed by atoms with E-state index in [1.165, 1.54) is 13.0 Å². The van der Waals surface area contributed by atoms with Gasteiger partial charge in [-0.05, 0) is 20.8 Å². The van der Waals surface area contributed by atoms with E-state index < -0.39 is 12.0 Å². The topological polar surface area (TPSA) is 75.6 Å². The molecule has 1 unspecified atom stereocenters. The molecule has 0 spiro atoms. The fourth-order valence-electron chi connectivity index (χ4n) is 0.827. The Morgan fingerprint density at radius 2 is 2.13 bits per heavy atom. The maximum atomic E-state index is 11.1. The number of rotatable bonds is 6. The van der Waals surface area contributed by atoms with Gasteiger partial charge in [0.2, 0.25) is 0 Å². The highest BCUT2D eigenvalue weighted by Crippen LogP contribution is 1.92. The maximum absolute atomic E-state index is 11.1. The predicted molar refractivity (Wildman–Crippen MR) is 55.5 cm³/mol. The van der Waals surface area contributed by atoms with Gasteiger partial charge in [0.25, 0.3) is 0 Å². The van der Waals surface area contributed by atoms with Crippen LogP contribution in [0.1, 0.15) is 20.8 Å². The van der Waals surface area contributed by atoms with Crippen LogP contribution in [0.15, 0.2) is 11.6 Å². The second-order valence-corrected chi connectivity index (χ2v) is 3.07. The molecule has 1 atom stereocenters. The van der Waals surface area contributed by atoms with E-state index in [4.69, 9.17) is 9.84 Å². The number of hydrogen-bond donors (Lipinski definition) is 2. The third-order valence-electron chi connectivity index (χ3n) is 1.81. The second kappa shape index (κ2) is 7.00. The third kappa shape index (κ3) is 5.85. The zero-order valence-electron chi connectivity index (χ0n) is 9.24. The number of carbonyl (C=O) groups is 2. The molecule has 0 heterocycles. The molecule has 0 saturated heterocycles. The summed E-state index contributed by atoms with van der Waals surface area (Å²) >= 11 is 0. The monoisotopic (exact) mass is 215 g/mol. The first-order valence-corrected chi connectivity index (χ1v) is 4.79. The zero-order valence-corrected chi connectivity index (χ0v) is 9.24. The molecular weight excluding hydrogens is 198 g/mol. The summed E-state index contributed by atoms with van der Waals surface area (Å²) < 4.78 is 4.77. The smallest absolute Gasteiger partial charge is 0.330 e. The van der Waals surface area contributed by atoms with Gasteiger partial charge in [-0.3, -0.25) is 4.79 Å². The Bertz CT molecular complexity index is 260. The minimum atomic E-state index is -0.958. The quantitative estimate of drug-likeness (QED) is 0.500. The van der Waals surface area contributed by atoms with Crippen molar-refractivity contribution in [3.8, 4) is 0 Å². The standard InChI is InChI=1S/C10H17NO4/c1-4-15-10(14)8(3)11-6-5-7(2)9(12)13/h5,8,11H,4,6H2,1-3H3,(H,12,13)/b7-5-. The van der Waals surface area contributed by atoms with Gasteiger partial charge in [0.15, 0.2) is 0 Å². The summed E-state index contributed by atoms with van der Waals surface area (Å²) in [5.41, 5.74) is 0.249. The summed E-state index contributed by atoms with van der Waals surface area (Å²) in [6.07, 6.45) is 1.51. The lowest BCUT2D eigenvalue weighted by Crippen LogP contribution is -2.35. The predicted octanol–water partition coefficient (Wildman–Crippen LogP) is 0.558. The van der Waals surface area contributed by atoms with E-state index in [1.54, 1.807) is 13.8 Å². The number of carboxylic acid groups (broad SMARTS) is 1. The zero-order chi connectivity index (χ0) is 11.8. The first-order chi connectivity index (χ1) is 6.99. The lowest BCUT2D eigenvalue weighted by Gasteiger charge is -2.10. The van der Waals surface area contributed by atoms with Gasteiger partial charge >= 0.3 is 11.9 Å². The molecule has 15 heavy (non-hydrogen) atoms. The highest BCUT2D eigenvalue weighted by molar-refractivity contribution is 5.85. The number of nitrogens with one attached hydrogen (secondary N) is 1. The lowest BCUT2D eigenvalue weighted by atomic mass is 10.2. The molecule has 0 radical (unpaired) electrons. The van der Waals surface area contributed by atoms with E-state index in [0.717, 1.165) is 0 Å². The van der Waals surface area contributed by atoms with Crippen LogP contribution in [0.5, 0.6) is 0 Å². The van der Waals surface area contributed by atoms with Crippen molar-refractivity contribution in [2.24, 2.45) is 0 Å². The fourth-order valence-corrected chi connectivity index (χ4v) is 0.827. The average Bonchev–Trinajstić information content (AvgIpc) is 2.17. The Hall–Kier alpha value is -1.36. The molecule has 0 aromatic rings. The van der Waals surface area contributed by atoms with Crippen LogP contribution in [0.2, 0.25) is 0 Å². The van der Waals surface area contributed by atoms with E-state index in [2.05, 4.69) is 5.32 Å². The van der Waals surface area contributed by atoms with E-state index in [-0.39, 0.29) is 11.5 Å². The van der Waals surface area contributed by atoms with Crippen molar-refractivity contribution in [3.05, 3.63) is 11.6 Å². The minimum Gasteiger partial charge on any atom is -0.478 e. The van der Waals surface area contributed by atoms with Gasteiger partial charge in [-0.15, -0.1) is 0 Å². The molecule has 5 nitrogen and oxygen atoms in total. The summed E-state index contributed by atoms with van der Waals surface area (Å²) in [7, 11) is 0. The highest BCUT2D eigenvalue weighted by atomic mass is 16.5. The minimum absolute atomic E-state index is 0.249. The molecule has 0 fully saturated rings. The molecule has 86 valence electrons. The van der Waals surface area contributed by atoms with Crippen LogP contribution in [-0.2, 0) is 14.3 Å². The largest absolute Gasteiger partial charge is 0.478 e. The normalized spacial score (nSPS) is 13.4. The van der Waals surface area contributed by atoms with E-state index in [1.807, 2.05) is 0 Å². The molecule has 2 N–H and O–H groups in total. The van der Waals surface area contributed by atoms with Crippen LogP contribution in [-0.4, -0.2) is 36.2 Å². The highest BCUT2D eigenvalue weighted by Gasteiger charge is 2.11. The number of esters is 1. The molecule has 0 amide bonds. The van der Waals surface area contributed by atoms with E-state index >= 15 is 0 Å². The number of ether oxygens (including phenoxy) is 1. The summed E-state index contributed by atoms with van der Waals surface area (Å²) in [4.78, 5) is 21.6. The molecule has 0 aromatic heterocycles. The Morgan fingerprint density at radius 3 is 2.60 bits per heavy atom. The second-order valence-electron chi connectivity index (χ2n) is 3.07. The van der Waals surface area contributed by atoms with Crippen molar-refractivity contribution in [2.75, 3.05) is 13.2 Å². The van der Waals surface area contributed by atoms with E-state index in [0.29, 0.717) is 13.2 Å². The molecule has 5 heteroatoms. The molecule has 0 aliphatic heterocycles. The van der Waals surface area contributed by atoms with E-state index in [9.17, 15) is 9.59 Å². The van der Waals surface area contributed by atoms with Gasteiger partial charge in [0, 0.05) is 12.1 Å².